The fraction of sp³-hybridized carbons (Fsp3) is 0.800. The number of hydrogen-bond donors (Lipinski definition) is 1. The molecule has 1 unspecified atom stereocenters. The Labute approximate surface area is 100.0 Å². The summed E-state index contributed by atoms with van der Waals surface area (Å²) in [5.74, 6) is 0. The van der Waals surface area contributed by atoms with Crippen LogP contribution in [-0.2, 0) is 11.3 Å². The van der Waals surface area contributed by atoms with Gasteiger partial charge in [-0.1, -0.05) is 11.4 Å². The molecule has 0 aliphatic carbocycles. The van der Waals surface area contributed by atoms with Crippen molar-refractivity contribution < 1.29 is 4.74 Å². The van der Waals surface area contributed by atoms with Gasteiger partial charge in [0.1, 0.15) is 10.7 Å². The lowest BCUT2D eigenvalue weighted by Gasteiger charge is -2.34. The standard InChI is InChI=1S/C10H18N4OS/c1-3-8-7-15-5-4-14(8)6-9-10(11-2)16-13-12-9/h8,11H,3-7H2,1-2H3. The van der Waals surface area contributed by atoms with E-state index in [1.54, 1.807) is 0 Å². The molecule has 0 aromatic carbocycles. The maximum absolute atomic E-state index is 5.49. The predicted octanol–water partition coefficient (Wildman–Crippen LogP) is 1.19. The van der Waals surface area contributed by atoms with Gasteiger partial charge in [-0.3, -0.25) is 4.90 Å². The average Bonchev–Trinajstić information content (AvgIpc) is 2.77. The Morgan fingerprint density at radius 3 is 3.25 bits per heavy atom. The molecule has 1 fully saturated rings. The van der Waals surface area contributed by atoms with Crippen LogP contribution in [0.5, 0.6) is 0 Å². The topological polar surface area (TPSA) is 50.3 Å². The van der Waals surface area contributed by atoms with E-state index in [1.165, 1.54) is 11.5 Å². The first-order valence-corrected chi connectivity index (χ1v) is 6.43. The van der Waals surface area contributed by atoms with E-state index in [9.17, 15) is 0 Å². The molecular weight excluding hydrogens is 224 g/mol. The van der Waals surface area contributed by atoms with E-state index in [4.69, 9.17) is 4.74 Å². The number of nitrogens with one attached hydrogen (secondary N) is 1. The smallest absolute Gasteiger partial charge is 0.134 e. The van der Waals surface area contributed by atoms with E-state index >= 15 is 0 Å². The fourth-order valence-electron chi connectivity index (χ4n) is 1.97. The van der Waals surface area contributed by atoms with Crippen LogP contribution in [0.1, 0.15) is 19.0 Å². The number of ether oxygens (including phenoxy) is 1. The van der Waals surface area contributed by atoms with Crippen LogP contribution in [0.3, 0.4) is 0 Å². The van der Waals surface area contributed by atoms with E-state index in [2.05, 4.69) is 26.7 Å². The van der Waals surface area contributed by atoms with Crippen molar-refractivity contribution in [1.29, 1.82) is 0 Å². The minimum absolute atomic E-state index is 0.514. The number of nitrogens with zero attached hydrogens (tertiary/aromatic N) is 3. The first-order valence-electron chi connectivity index (χ1n) is 5.66. The van der Waals surface area contributed by atoms with Gasteiger partial charge in [0.25, 0.3) is 0 Å². The summed E-state index contributed by atoms with van der Waals surface area (Å²) in [7, 11) is 1.91. The van der Waals surface area contributed by atoms with Crippen molar-refractivity contribution in [2.75, 3.05) is 32.1 Å². The maximum atomic E-state index is 5.49. The van der Waals surface area contributed by atoms with Crippen LogP contribution in [0.4, 0.5) is 5.00 Å². The number of morpholine rings is 1. The summed E-state index contributed by atoms with van der Waals surface area (Å²) in [6.45, 7) is 5.71. The van der Waals surface area contributed by atoms with Gasteiger partial charge in [0, 0.05) is 37.7 Å². The number of hydrogen-bond acceptors (Lipinski definition) is 6. The number of anilines is 1. The summed E-state index contributed by atoms with van der Waals surface area (Å²) in [4.78, 5) is 2.43. The molecule has 1 aliphatic rings. The average molecular weight is 242 g/mol. The Balaban J connectivity index is 2.02. The van der Waals surface area contributed by atoms with E-state index < -0.39 is 0 Å². The molecule has 16 heavy (non-hydrogen) atoms. The summed E-state index contributed by atoms with van der Waals surface area (Å²) < 4.78 is 9.47. The minimum atomic E-state index is 0.514. The van der Waals surface area contributed by atoms with Crippen molar-refractivity contribution in [3.8, 4) is 0 Å². The third-order valence-electron chi connectivity index (χ3n) is 2.96. The highest BCUT2D eigenvalue weighted by Crippen LogP contribution is 2.21. The summed E-state index contributed by atoms with van der Waals surface area (Å²) >= 11 is 1.42. The monoisotopic (exact) mass is 242 g/mol. The maximum Gasteiger partial charge on any atom is 0.134 e. The Morgan fingerprint density at radius 1 is 1.62 bits per heavy atom. The summed E-state index contributed by atoms with van der Waals surface area (Å²) in [5.41, 5.74) is 1.05. The lowest BCUT2D eigenvalue weighted by atomic mass is 10.1. The summed E-state index contributed by atoms with van der Waals surface area (Å²) in [6.07, 6.45) is 1.12. The van der Waals surface area contributed by atoms with Crippen molar-refractivity contribution in [3.63, 3.8) is 0 Å². The molecule has 1 atom stereocenters. The van der Waals surface area contributed by atoms with Crippen molar-refractivity contribution in [1.82, 2.24) is 14.5 Å². The molecule has 1 saturated heterocycles. The molecule has 0 spiro atoms. The molecule has 90 valence electrons. The summed E-state index contributed by atoms with van der Waals surface area (Å²) in [6, 6.07) is 0.514. The van der Waals surface area contributed by atoms with Crippen LogP contribution in [0.2, 0.25) is 0 Å². The Hall–Kier alpha value is -0.720. The van der Waals surface area contributed by atoms with Crippen LogP contribution >= 0.6 is 11.5 Å². The van der Waals surface area contributed by atoms with Crippen LogP contribution in [-0.4, -0.2) is 47.3 Å². The Kier molecular flexibility index (Phi) is 4.09. The molecule has 1 aliphatic heterocycles. The van der Waals surface area contributed by atoms with Crippen LogP contribution < -0.4 is 5.32 Å². The molecule has 2 heterocycles. The largest absolute Gasteiger partial charge is 0.378 e. The molecule has 1 N–H and O–H groups in total. The minimum Gasteiger partial charge on any atom is -0.378 e. The van der Waals surface area contributed by atoms with Crippen molar-refractivity contribution in [3.05, 3.63) is 5.69 Å². The second-order valence-corrected chi connectivity index (χ2v) is 4.66. The highest BCUT2D eigenvalue weighted by atomic mass is 32.1. The van der Waals surface area contributed by atoms with Gasteiger partial charge >= 0.3 is 0 Å². The van der Waals surface area contributed by atoms with Gasteiger partial charge in [-0.25, -0.2) is 0 Å². The zero-order valence-electron chi connectivity index (χ0n) is 9.77. The van der Waals surface area contributed by atoms with Gasteiger partial charge in [0.05, 0.1) is 13.2 Å². The number of rotatable bonds is 4. The molecule has 6 heteroatoms. The van der Waals surface area contributed by atoms with Gasteiger partial charge in [-0.2, -0.15) is 0 Å². The van der Waals surface area contributed by atoms with E-state index in [0.29, 0.717) is 6.04 Å². The van der Waals surface area contributed by atoms with Crippen molar-refractivity contribution >= 4 is 16.5 Å². The quantitative estimate of drug-likeness (QED) is 0.859. The Bertz CT molecular complexity index is 330. The fourth-order valence-corrected chi connectivity index (χ4v) is 2.49. The van der Waals surface area contributed by atoms with Gasteiger partial charge in [-0.15, -0.1) is 5.10 Å². The molecule has 1 aromatic heterocycles. The van der Waals surface area contributed by atoms with Gasteiger partial charge in [0.15, 0.2) is 0 Å². The SMILES string of the molecule is CCC1COCCN1Cc1nnsc1NC. The van der Waals surface area contributed by atoms with Crippen LogP contribution in [0.15, 0.2) is 0 Å². The van der Waals surface area contributed by atoms with Gasteiger partial charge in [0.2, 0.25) is 0 Å². The lowest BCUT2D eigenvalue weighted by Crippen LogP contribution is -2.44. The zero-order chi connectivity index (χ0) is 11.4. The molecule has 0 radical (unpaired) electrons. The van der Waals surface area contributed by atoms with Gasteiger partial charge in [-0.05, 0) is 6.42 Å². The highest BCUT2D eigenvalue weighted by molar-refractivity contribution is 7.10. The second kappa shape index (κ2) is 5.56. The third kappa shape index (κ3) is 2.50. The normalized spacial score (nSPS) is 22.2. The molecule has 0 saturated carbocycles. The lowest BCUT2D eigenvalue weighted by molar-refractivity contribution is -0.0131. The van der Waals surface area contributed by atoms with Crippen molar-refractivity contribution in [2.24, 2.45) is 0 Å². The van der Waals surface area contributed by atoms with Gasteiger partial charge < -0.3 is 10.1 Å². The third-order valence-corrected chi connectivity index (χ3v) is 3.74. The molecule has 2 rings (SSSR count). The first kappa shape index (κ1) is 11.8. The van der Waals surface area contributed by atoms with Crippen molar-refractivity contribution in [2.45, 2.75) is 25.9 Å². The first-order chi connectivity index (χ1) is 7.85. The second-order valence-electron chi connectivity index (χ2n) is 3.91. The molecule has 5 nitrogen and oxygen atoms in total. The molecule has 1 aromatic rings. The molecule has 0 bridgehead atoms. The van der Waals surface area contributed by atoms with Crippen LogP contribution in [0, 0.1) is 0 Å². The van der Waals surface area contributed by atoms with E-state index in [0.717, 1.165) is 43.4 Å². The van der Waals surface area contributed by atoms with Crippen LogP contribution in [0.25, 0.3) is 0 Å². The van der Waals surface area contributed by atoms with E-state index in [1.807, 2.05) is 7.05 Å². The Morgan fingerprint density at radius 2 is 2.50 bits per heavy atom. The number of aromatic nitrogens is 2. The zero-order valence-corrected chi connectivity index (χ0v) is 10.6. The molecular formula is C10H18N4OS. The highest BCUT2D eigenvalue weighted by Gasteiger charge is 2.23. The van der Waals surface area contributed by atoms with E-state index in [-0.39, 0.29) is 0 Å². The summed E-state index contributed by atoms with van der Waals surface area (Å²) in [5, 5.41) is 8.38. The molecule has 0 amide bonds. The predicted molar refractivity (Wildman–Crippen MR) is 64.8 cm³/mol.